The van der Waals surface area contributed by atoms with Gasteiger partial charge in [0.2, 0.25) is 0 Å². The van der Waals surface area contributed by atoms with E-state index in [1.165, 1.54) is 12.1 Å². The molecule has 3 aromatic rings. The summed E-state index contributed by atoms with van der Waals surface area (Å²) in [4.78, 5) is 4.47. The first kappa shape index (κ1) is 18.4. The van der Waals surface area contributed by atoms with Gasteiger partial charge in [0.15, 0.2) is 0 Å². The molecule has 0 unspecified atom stereocenters. The second kappa shape index (κ2) is 8.35. The van der Waals surface area contributed by atoms with Crippen LogP contribution in [0.4, 0.5) is 10.1 Å². The zero-order valence-electron chi connectivity index (χ0n) is 14.0. The number of aliphatic imine (C=N–C) groups is 1. The van der Waals surface area contributed by atoms with Gasteiger partial charge in [-0.3, -0.25) is 4.99 Å². The van der Waals surface area contributed by atoms with Crippen LogP contribution in [-0.4, -0.2) is 6.21 Å². The Balaban J connectivity index is 1.70. The molecule has 0 aliphatic carbocycles. The number of ether oxygens (including phenoxy) is 1. The van der Waals surface area contributed by atoms with E-state index in [2.05, 4.69) is 4.99 Å². The molecule has 0 spiro atoms. The van der Waals surface area contributed by atoms with Crippen molar-refractivity contribution < 1.29 is 9.13 Å². The molecule has 0 aliphatic rings. The number of rotatable bonds is 5. The molecule has 132 valence electrons. The Bertz CT molecular complexity index is 939. The summed E-state index contributed by atoms with van der Waals surface area (Å²) in [6.07, 6.45) is 1.73. The first-order valence-electron chi connectivity index (χ1n) is 7.99. The standard InChI is InChI=1S/C21H16Cl2FNO/c1-14-18(22)3-2-4-20(14)25-12-16-7-10-21(19(23)11-16)26-13-15-5-8-17(24)9-6-15/h2-12H,13H2,1H3. The molecule has 0 saturated heterocycles. The Labute approximate surface area is 161 Å². The highest BCUT2D eigenvalue weighted by Gasteiger charge is 2.04. The lowest BCUT2D eigenvalue weighted by molar-refractivity contribution is 0.306. The fourth-order valence-electron chi connectivity index (χ4n) is 2.34. The minimum atomic E-state index is -0.273. The summed E-state index contributed by atoms with van der Waals surface area (Å²) in [5.74, 6) is 0.289. The topological polar surface area (TPSA) is 21.6 Å². The highest BCUT2D eigenvalue weighted by atomic mass is 35.5. The van der Waals surface area contributed by atoms with E-state index in [0.717, 1.165) is 22.4 Å². The van der Waals surface area contributed by atoms with Crippen LogP contribution in [0, 0.1) is 12.7 Å². The van der Waals surface area contributed by atoms with Gasteiger partial charge >= 0.3 is 0 Å². The van der Waals surface area contributed by atoms with E-state index in [0.29, 0.717) is 22.4 Å². The fourth-order valence-corrected chi connectivity index (χ4v) is 2.75. The maximum Gasteiger partial charge on any atom is 0.138 e. The summed E-state index contributed by atoms with van der Waals surface area (Å²) in [5, 5.41) is 1.17. The first-order valence-corrected chi connectivity index (χ1v) is 8.74. The lowest BCUT2D eigenvalue weighted by atomic mass is 10.2. The molecule has 0 bridgehead atoms. The highest BCUT2D eigenvalue weighted by Crippen LogP contribution is 2.28. The predicted molar refractivity (Wildman–Crippen MR) is 106 cm³/mol. The monoisotopic (exact) mass is 387 g/mol. The first-order chi connectivity index (χ1) is 12.5. The maximum atomic E-state index is 12.9. The van der Waals surface area contributed by atoms with Gasteiger partial charge in [-0.2, -0.15) is 0 Å². The molecule has 3 rings (SSSR count). The van der Waals surface area contributed by atoms with Gasteiger partial charge in [-0.1, -0.05) is 41.4 Å². The molecule has 26 heavy (non-hydrogen) atoms. The lowest BCUT2D eigenvalue weighted by Gasteiger charge is -2.09. The smallest absolute Gasteiger partial charge is 0.138 e. The van der Waals surface area contributed by atoms with Crippen molar-refractivity contribution in [1.82, 2.24) is 0 Å². The Morgan fingerprint density at radius 2 is 1.77 bits per heavy atom. The van der Waals surface area contributed by atoms with E-state index in [4.69, 9.17) is 27.9 Å². The van der Waals surface area contributed by atoms with Crippen molar-refractivity contribution in [3.05, 3.63) is 93.2 Å². The Kier molecular flexibility index (Phi) is 5.92. The van der Waals surface area contributed by atoms with Crippen molar-refractivity contribution in [2.75, 3.05) is 0 Å². The molecule has 0 fully saturated rings. The number of halogens is 3. The van der Waals surface area contributed by atoms with Crippen LogP contribution in [0.2, 0.25) is 10.0 Å². The number of hydrogen-bond donors (Lipinski definition) is 0. The van der Waals surface area contributed by atoms with E-state index >= 15 is 0 Å². The number of hydrogen-bond acceptors (Lipinski definition) is 2. The van der Waals surface area contributed by atoms with E-state index in [-0.39, 0.29) is 5.82 Å². The maximum absolute atomic E-state index is 12.9. The van der Waals surface area contributed by atoms with Gasteiger partial charge < -0.3 is 4.74 Å². The SMILES string of the molecule is Cc1c(Cl)cccc1N=Cc1ccc(OCc2ccc(F)cc2)c(Cl)c1. The molecular weight excluding hydrogens is 372 g/mol. The molecule has 0 N–H and O–H groups in total. The molecule has 0 radical (unpaired) electrons. The van der Waals surface area contributed by atoms with Crippen molar-refractivity contribution >= 4 is 35.1 Å². The molecule has 3 aromatic carbocycles. The summed E-state index contributed by atoms with van der Waals surface area (Å²) in [6, 6.07) is 17.2. The van der Waals surface area contributed by atoms with Gasteiger partial charge in [-0.15, -0.1) is 0 Å². The second-order valence-corrected chi connectivity index (χ2v) is 6.56. The van der Waals surface area contributed by atoms with Gasteiger partial charge in [0.1, 0.15) is 18.2 Å². The Morgan fingerprint density at radius 1 is 1.00 bits per heavy atom. The number of benzene rings is 3. The predicted octanol–water partition coefficient (Wildman–Crippen LogP) is 6.77. The molecule has 2 nitrogen and oxygen atoms in total. The van der Waals surface area contributed by atoms with Gasteiger partial charge in [-0.25, -0.2) is 4.39 Å². The summed E-state index contributed by atoms with van der Waals surface area (Å²) < 4.78 is 18.6. The van der Waals surface area contributed by atoms with E-state index in [9.17, 15) is 4.39 Å². The Hall–Kier alpha value is -2.36. The normalized spacial score (nSPS) is 11.1. The molecule has 0 aromatic heterocycles. The highest BCUT2D eigenvalue weighted by molar-refractivity contribution is 6.32. The molecule has 5 heteroatoms. The van der Waals surface area contributed by atoms with Gasteiger partial charge in [-0.05, 0) is 66.1 Å². The zero-order chi connectivity index (χ0) is 18.5. The quantitative estimate of drug-likeness (QED) is 0.442. The van der Waals surface area contributed by atoms with Crippen LogP contribution in [0.25, 0.3) is 0 Å². The van der Waals surface area contributed by atoms with Gasteiger partial charge in [0, 0.05) is 11.2 Å². The van der Waals surface area contributed by atoms with Gasteiger partial charge in [0.05, 0.1) is 10.7 Å². The lowest BCUT2D eigenvalue weighted by Crippen LogP contribution is -1.96. The summed E-state index contributed by atoms with van der Waals surface area (Å²) in [6.45, 7) is 2.24. The zero-order valence-corrected chi connectivity index (χ0v) is 15.6. The summed E-state index contributed by atoms with van der Waals surface area (Å²) in [5.41, 5.74) is 3.45. The third kappa shape index (κ3) is 4.63. The number of nitrogens with zero attached hydrogens (tertiary/aromatic N) is 1. The van der Waals surface area contributed by atoms with Crippen LogP contribution in [0.3, 0.4) is 0 Å². The molecule has 0 heterocycles. The van der Waals surface area contributed by atoms with E-state index in [1.54, 1.807) is 30.5 Å². The van der Waals surface area contributed by atoms with Crippen molar-refractivity contribution in [3.63, 3.8) is 0 Å². The van der Waals surface area contributed by atoms with Gasteiger partial charge in [0.25, 0.3) is 0 Å². The van der Waals surface area contributed by atoms with Crippen molar-refractivity contribution in [1.29, 1.82) is 0 Å². The van der Waals surface area contributed by atoms with Crippen LogP contribution in [0.5, 0.6) is 5.75 Å². The summed E-state index contributed by atoms with van der Waals surface area (Å²) >= 11 is 12.4. The molecule has 0 saturated carbocycles. The molecule has 0 amide bonds. The van der Waals surface area contributed by atoms with Crippen LogP contribution in [0.15, 0.2) is 65.7 Å². The largest absolute Gasteiger partial charge is 0.487 e. The third-order valence-electron chi connectivity index (χ3n) is 3.86. The minimum absolute atomic E-state index is 0.273. The fraction of sp³-hybridized carbons (Fsp3) is 0.0952. The molecule has 0 aliphatic heterocycles. The van der Waals surface area contributed by atoms with Crippen LogP contribution < -0.4 is 4.74 Å². The van der Waals surface area contributed by atoms with Crippen LogP contribution in [-0.2, 0) is 6.61 Å². The second-order valence-electron chi connectivity index (χ2n) is 5.75. The minimum Gasteiger partial charge on any atom is -0.487 e. The van der Waals surface area contributed by atoms with Crippen LogP contribution in [0.1, 0.15) is 16.7 Å². The van der Waals surface area contributed by atoms with E-state index in [1.807, 2.05) is 31.2 Å². The van der Waals surface area contributed by atoms with Crippen molar-refractivity contribution in [2.24, 2.45) is 4.99 Å². The molecule has 0 atom stereocenters. The molecular formula is C21H16Cl2FNO. The van der Waals surface area contributed by atoms with E-state index < -0.39 is 0 Å². The van der Waals surface area contributed by atoms with Crippen LogP contribution >= 0.6 is 23.2 Å². The Morgan fingerprint density at radius 3 is 2.50 bits per heavy atom. The third-order valence-corrected chi connectivity index (χ3v) is 4.56. The average Bonchev–Trinajstić information content (AvgIpc) is 2.63. The van der Waals surface area contributed by atoms with Crippen molar-refractivity contribution in [3.8, 4) is 5.75 Å². The average molecular weight is 388 g/mol. The van der Waals surface area contributed by atoms with Crippen molar-refractivity contribution in [2.45, 2.75) is 13.5 Å². The summed E-state index contributed by atoms with van der Waals surface area (Å²) in [7, 11) is 0.